The maximum absolute atomic E-state index is 12.2. The molecule has 0 aliphatic rings. The molecule has 0 unspecified atom stereocenters. The van der Waals surface area contributed by atoms with Crippen molar-refractivity contribution in [2.75, 3.05) is 13.6 Å². The van der Waals surface area contributed by atoms with E-state index in [2.05, 4.69) is 12.1 Å². The fourth-order valence-electron chi connectivity index (χ4n) is 2.13. The van der Waals surface area contributed by atoms with Gasteiger partial charge in [-0.1, -0.05) is 12.1 Å². The van der Waals surface area contributed by atoms with Crippen LogP contribution in [0.2, 0.25) is 0 Å². The van der Waals surface area contributed by atoms with E-state index < -0.39 is 0 Å². The van der Waals surface area contributed by atoms with Gasteiger partial charge in [0.1, 0.15) is 24.2 Å². The molecule has 0 aliphatic carbocycles. The van der Waals surface area contributed by atoms with Gasteiger partial charge in [-0.15, -0.1) is 0 Å². The number of furan rings is 1. The zero-order valence-corrected chi connectivity index (χ0v) is 13.5. The topological polar surface area (TPSA) is 90.3 Å². The molecule has 0 bridgehead atoms. The van der Waals surface area contributed by atoms with Crippen molar-refractivity contribution in [1.29, 1.82) is 10.5 Å². The summed E-state index contributed by atoms with van der Waals surface area (Å²) in [5.41, 5.74) is 0.436. The Labute approximate surface area is 140 Å². The van der Waals surface area contributed by atoms with Crippen LogP contribution in [0.3, 0.4) is 0 Å². The van der Waals surface area contributed by atoms with Gasteiger partial charge in [0.05, 0.1) is 17.6 Å². The Kier molecular flexibility index (Phi) is 5.59. The maximum atomic E-state index is 12.2. The van der Waals surface area contributed by atoms with Gasteiger partial charge in [0.15, 0.2) is 5.76 Å². The van der Waals surface area contributed by atoms with Crippen molar-refractivity contribution in [3.8, 4) is 17.9 Å². The predicted molar refractivity (Wildman–Crippen MR) is 85.9 cm³/mol. The molecule has 2 aromatic rings. The molecule has 0 spiro atoms. The minimum absolute atomic E-state index is 0.115. The monoisotopic (exact) mass is 323 g/mol. The molecule has 122 valence electrons. The van der Waals surface area contributed by atoms with E-state index in [-0.39, 0.29) is 24.2 Å². The van der Waals surface area contributed by atoms with E-state index in [0.717, 1.165) is 0 Å². The lowest BCUT2D eigenvalue weighted by atomic mass is 10.2. The van der Waals surface area contributed by atoms with Crippen LogP contribution >= 0.6 is 0 Å². The molecule has 0 fully saturated rings. The fraction of sp³-hybridized carbons (Fsp3) is 0.278. The van der Waals surface area contributed by atoms with Crippen LogP contribution < -0.4 is 4.74 Å². The molecular formula is C18H17N3O3. The lowest BCUT2D eigenvalue weighted by Crippen LogP contribution is -2.30. The average molecular weight is 323 g/mol. The summed E-state index contributed by atoms with van der Waals surface area (Å²) < 4.78 is 11.1. The molecule has 0 saturated heterocycles. The standard InChI is InChI=1S/C18H17N3O3/c1-13(9-19)11-21(2)18(22)17-8-7-15(24-17)12-23-16-6-4-3-5-14(16)10-20/h3-8,13H,11-12H2,1-2H3/t13-/m1/s1. The third-order valence-corrected chi connectivity index (χ3v) is 3.36. The summed E-state index contributed by atoms with van der Waals surface area (Å²) in [7, 11) is 1.62. The van der Waals surface area contributed by atoms with Crippen molar-refractivity contribution in [3.05, 3.63) is 53.5 Å². The summed E-state index contributed by atoms with van der Waals surface area (Å²) in [4.78, 5) is 13.7. The first-order valence-electron chi connectivity index (χ1n) is 7.41. The lowest BCUT2D eigenvalue weighted by Gasteiger charge is -2.16. The number of ether oxygens (including phenoxy) is 1. The Morgan fingerprint density at radius 1 is 1.29 bits per heavy atom. The Morgan fingerprint density at radius 3 is 2.75 bits per heavy atom. The quantitative estimate of drug-likeness (QED) is 0.815. The van der Waals surface area contributed by atoms with Crippen molar-refractivity contribution in [3.63, 3.8) is 0 Å². The molecule has 0 aliphatic heterocycles. The molecule has 0 radical (unpaired) electrons. The number of nitriles is 2. The van der Waals surface area contributed by atoms with Crippen LogP contribution in [0, 0.1) is 28.6 Å². The van der Waals surface area contributed by atoms with E-state index in [1.54, 1.807) is 50.4 Å². The molecule has 0 saturated carbocycles. The van der Waals surface area contributed by atoms with Crippen LogP contribution in [0.15, 0.2) is 40.8 Å². The minimum atomic E-state index is -0.291. The SMILES string of the molecule is C[C@H](C#N)CN(C)C(=O)c1ccc(COc2ccccc2C#N)o1. The zero-order chi connectivity index (χ0) is 17.5. The van der Waals surface area contributed by atoms with E-state index in [1.165, 1.54) is 4.90 Å². The highest BCUT2D eigenvalue weighted by molar-refractivity contribution is 5.91. The average Bonchev–Trinajstić information content (AvgIpc) is 3.08. The van der Waals surface area contributed by atoms with Gasteiger partial charge in [0.25, 0.3) is 5.91 Å². The normalized spacial score (nSPS) is 11.2. The smallest absolute Gasteiger partial charge is 0.289 e. The summed E-state index contributed by atoms with van der Waals surface area (Å²) in [6.45, 7) is 2.19. The summed E-state index contributed by atoms with van der Waals surface area (Å²) in [6.07, 6.45) is 0. The molecule has 0 N–H and O–H groups in total. The van der Waals surface area contributed by atoms with Gasteiger partial charge in [0.2, 0.25) is 0 Å². The fourth-order valence-corrected chi connectivity index (χ4v) is 2.13. The minimum Gasteiger partial charge on any atom is -0.484 e. The number of amides is 1. The largest absolute Gasteiger partial charge is 0.484 e. The Bertz CT molecular complexity index is 798. The molecule has 2 rings (SSSR count). The molecule has 1 aromatic heterocycles. The van der Waals surface area contributed by atoms with E-state index in [4.69, 9.17) is 19.7 Å². The van der Waals surface area contributed by atoms with Gasteiger partial charge < -0.3 is 14.1 Å². The van der Waals surface area contributed by atoms with Gasteiger partial charge in [-0.2, -0.15) is 10.5 Å². The highest BCUT2D eigenvalue weighted by Gasteiger charge is 2.18. The van der Waals surface area contributed by atoms with Crippen molar-refractivity contribution in [2.24, 2.45) is 5.92 Å². The number of nitrogens with zero attached hydrogens (tertiary/aromatic N) is 3. The summed E-state index contributed by atoms with van der Waals surface area (Å²) in [6, 6.07) is 14.3. The first-order valence-corrected chi connectivity index (χ1v) is 7.41. The van der Waals surface area contributed by atoms with E-state index in [9.17, 15) is 4.79 Å². The van der Waals surface area contributed by atoms with E-state index in [0.29, 0.717) is 23.6 Å². The van der Waals surface area contributed by atoms with Crippen LogP contribution in [-0.4, -0.2) is 24.4 Å². The number of carbonyl (C=O) groups is 1. The van der Waals surface area contributed by atoms with Crippen molar-refractivity contribution in [2.45, 2.75) is 13.5 Å². The number of para-hydroxylation sites is 1. The third kappa shape index (κ3) is 4.15. The molecule has 24 heavy (non-hydrogen) atoms. The van der Waals surface area contributed by atoms with Crippen LogP contribution in [0.25, 0.3) is 0 Å². The third-order valence-electron chi connectivity index (χ3n) is 3.36. The van der Waals surface area contributed by atoms with Crippen molar-refractivity contribution in [1.82, 2.24) is 4.90 Å². The van der Waals surface area contributed by atoms with Crippen LogP contribution in [0.5, 0.6) is 5.75 Å². The van der Waals surface area contributed by atoms with Crippen LogP contribution in [-0.2, 0) is 6.61 Å². The highest BCUT2D eigenvalue weighted by Crippen LogP contribution is 2.19. The van der Waals surface area contributed by atoms with Gasteiger partial charge in [-0.25, -0.2) is 0 Å². The second-order valence-corrected chi connectivity index (χ2v) is 5.38. The van der Waals surface area contributed by atoms with Crippen LogP contribution in [0.4, 0.5) is 0 Å². The second kappa shape index (κ2) is 7.85. The Morgan fingerprint density at radius 2 is 2.04 bits per heavy atom. The lowest BCUT2D eigenvalue weighted by molar-refractivity contribution is 0.0749. The second-order valence-electron chi connectivity index (χ2n) is 5.38. The molecule has 1 amide bonds. The Hall–Kier alpha value is -3.25. The molecule has 1 heterocycles. The van der Waals surface area contributed by atoms with Gasteiger partial charge >= 0.3 is 0 Å². The van der Waals surface area contributed by atoms with Gasteiger partial charge in [-0.3, -0.25) is 4.79 Å². The summed E-state index contributed by atoms with van der Waals surface area (Å²) >= 11 is 0. The highest BCUT2D eigenvalue weighted by atomic mass is 16.5. The maximum Gasteiger partial charge on any atom is 0.289 e. The molecule has 1 aromatic carbocycles. The molecule has 6 nitrogen and oxygen atoms in total. The predicted octanol–water partition coefficient (Wildman–Crippen LogP) is 2.96. The Balaban J connectivity index is 1.99. The number of hydrogen-bond acceptors (Lipinski definition) is 5. The first-order chi connectivity index (χ1) is 11.5. The summed E-state index contributed by atoms with van der Waals surface area (Å²) in [5.74, 6) is 0.590. The number of benzene rings is 1. The van der Waals surface area contributed by atoms with Gasteiger partial charge in [-0.05, 0) is 31.2 Å². The van der Waals surface area contributed by atoms with Crippen LogP contribution in [0.1, 0.15) is 28.8 Å². The number of carbonyl (C=O) groups excluding carboxylic acids is 1. The van der Waals surface area contributed by atoms with E-state index >= 15 is 0 Å². The molecule has 1 atom stereocenters. The summed E-state index contributed by atoms with van der Waals surface area (Å²) in [5, 5.41) is 17.8. The van der Waals surface area contributed by atoms with Gasteiger partial charge in [0, 0.05) is 13.6 Å². The number of rotatable bonds is 6. The van der Waals surface area contributed by atoms with Crippen molar-refractivity contribution >= 4 is 5.91 Å². The van der Waals surface area contributed by atoms with E-state index in [1.807, 2.05) is 0 Å². The molecular weight excluding hydrogens is 306 g/mol. The number of hydrogen-bond donors (Lipinski definition) is 0. The van der Waals surface area contributed by atoms with Crippen molar-refractivity contribution < 1.29 is 13.9 Å². The first kappa shape index (κ1) is 17.1. The zero-order valence-electron chi connectivity index (χ0n) is 13.5. The molecule has 6 heteroatoms.